The normalized spacial score (nSPS) is 13.8. The van der Waals surface area contributed by atoms with Crippen LogP contribution < -0.4 is 5.32 Å². The van der Waals surface area contributed by atoms with Crippen LogP contribution in [-0.4, -0.2) is 20.4 Å². The molecule has 0 aliphatic rings. The summed E-state index contributed by atoms with van der Waals surface area (Å²) in [6.07, 6.45) is 0.529. The third kappa shape index (κ3) is 4.71. The molecule has 21 heavy (non-hydrogen) atoms. The highest BCUT2D eigenvalue weighted by atomic mass is 35.7. The second-order valence-corrected chi connectivity index (χ2v) is 8.71. The van der Waals surface area contributed by atoms with E-state index in [2.05, 4.69) is 5.32 Å². The van der Waals surface area contributed by atoms with E-state index in [-0.39, 0.29) is 22.3 Å². The fourth-order valence-electron chi connectivity index (χ4n) is 1.71. The average molecular weight is 332 g/mol. The molecule has 0 heterocycles. The summed E-state index contributed by atoms with van der Waals surface area (Å²) in [5, 5.41) is 2.88. The molecule has 0 radical (unpaired) electrons. The molecule has 1 rings (SSSR count). The highest BCUT2D eigenvalue weighted by molar-refractivity contribution is 8.13. The number of halogens is 1. The molecule has 0 aliphatic heterocycles. The minimum atomic E-state index is -3.87. The molecule has 1 atom stereocenters. The highest BCUT2D eigenvalue weighted by Crippen LogP contribution is 2.23. The molecule has 6 heteroatoms. The zero-order valence-corrected chi connectivity index (χ0v) is 14.6. The Morgan fingerprint density at radius 1 is 1.33 bits per heavy atom. The van der Waals surface area contributed by atoms with E-state index < -0.39 is 9.05 Å². The molecule has 1 unspecified atom stereocenters. The van der Waals surface area contributed by atoms with Gasteiger partial charge in [0.15, 0.2) is 0 Å². The van der Waals surface area contributed by atoms with Gasteiger partial charge < -0.3 is 5.32 Å². The smallest absolute Gasteiger partial charge is 0.261 e. The molecule has 118 valence electrons. The second kappa shape index (κ2) is 6.36. The minimum Gasteiger partial charge on any atom is -0.349 e. The topological polar surface area (TPSA) is 63.2 Å². The van der Waals surface area contributed by atoms with Gasteiger partial charge in [-0.15, -0.1) is 0 Å². The number of aryl methyl sites for hydroxylation is 1. The molecular weight excluding hydrogens is 310 g/mol. The molecule has 4 nitrogen and oxygen atoms in total. The molecule has 0 aliphatic carbocycles. The van der Waals surface area contributed by atoms with E-state index >= 15 is 0 Å². The summed E-state index contributed by atoms with van der Waals surface area (Å²) < 4.78 is 23.2. The predicted molar refractivity (Wildman–Crippen MR) is 85.2 cm³/mol. The number of amides is 1. The molecule has 0 spiro atoms. The number of carbonyl (C=O) groups is 1. The second-order valence-electron chi connectivity index (χ2n) is 6.18. The van der Waals surface area contributed by atoms with Gasteiger partial charge in [0, 0.05) is 22.3 Å². The van der Waals surface area contributed by atoms with Crippen LogP contribution in [0.15, 0.2) is 23.1 Å². The first-order valence-electron chi connectivity index (χ1n) is 6.85. The average Bonchev–Trinajstić information content (AvgIpc) is 2.35. The Kier molecular flexibility index (Phi) is 5.45. The van der Waals surface area contributed by atoms with Crippen LogP contribution in [0.2, 0.25) is 0 Å². The van der Waals surface area contributed by atoms with Crippen molar-refractivity contribution < 1.29 is 13.2 Å². The van der Waals surface area contributed by atoms with Crippen LogP contribution in [0.1, 0.15) is 50.5 Å². The van der Waals surface area contributed by atoms with Crippen molar-refractivity contribution in [1.29, 1.82) is 0 Å². The lowest BCUT2D eigenvalue weighted by Crippen LogP contribution is -2.41. The molecule has 0 aromatic heterocycles. The number of carbonyl (C=O) groups excluding carboxylic acids is 1. The summed E-state index contributed by atoms with van der Waals surface area (Å²) in [7, 11) is 1.57. The summed E-state index contributed by atoms with van der Waals surface area (Å²) in [6, 6.07) is 4.54. The van der Waals surface area contributed by atoms with E-state index in [4.69, 9.17) is 10.7 Å². The maximum Gasteiger partial charge on any atom is 0.261 e. The first-order valence-corrected chi connectivity index (χ1v) is 9.16. The lowest BCUT2D eigenvalue weighted by Gasteiger charge is -2.28. The summed E-state index contributed by atoms with van der Waals surface area (Å²) in [5.74, 6) is -0.304. The van der Waals surface area contributed by atoms with Gasteiger partial charge in [0.25, 0.3) is 15.0 Å². The van der Waals surface area contributed by atoms with Gasteiger partial charge in [-0.2, -0.15) is 0 Å². The Hall–Kier alpha value is -1.07. The summed E-state index contributed by atoms with van der Waals surface area (Å²) in [5.41, 5.74) is 0.813. The Balaban J connectivity index is 3.13. The molecule has 0 saturated heterocycles. The van der Waals surface area contributed by atoms with E-state index in [9.17, 15) is 13.2 Å². The zero-order chi connectivity index (χ0) is 16.4. The number of nitrogens with one attached hydrogen (secondary N) is 1. The van der Waals surface area contributed by atoms with Crippen LogP contribution in [0.25, 0.3) is 0 Å². The van der Waals surface area contributed by atoms with Crippen LogP contribution in [0.4, 0.5) is 0 Å². The Labute approximate surface area is 131 Å². The van der Waals surface area contributed by atoms with E-state index in [1.807, 2.05) is 34.6 Å². The summed E-state index contributed by atoms with van der Waals surface area (Å²) in [6.45, 7) is 9.81. The molecule has 1 amide bonds. The van der Waals surface area contributed by atoms with Crippen LogP contribution in [0.3, 0.4) is 0 Å². The Bertz CT molecular complexity index is 633. The SMILES string of the molecule is CCc1ccc(C(=O)NC(C)C(C)(C)C)cc1S(=O)(=O)Cl. The number of benzene rings is 1. The van der Waals surface area contributed by atoms with Crippen molar-refractivity contribution in [3.05, 3.63) is 29.3 Å². The van der Waals surface area contributed by atoms with Crippen molar-refractivity contribution in [3.63, 3.8) is 0 Å². The standard InChI is InChI=1S/C15H22ClNO3S/c1-6-11-7-8-12(9-13(11)21(16,19)20)14(18)17-10(2)15(3,4)5/h7-10H,6H2,1-5H3,(H,17,18). The van der Waals surface area contributed by atoms with E-state index in [0.717, 1.165) is 0 Å². The molecule has 0 saturated carbocycles. The van der Waals surface area contributed by atoms with Gasteiger partial charge in [-0.3, -0.25) is 4.79 Å². The monoisotopic (exact) mass is 331 g/mol. The number of rotatable bonds is 4. The third-order valence-electron chi connectivity index (χ3n) is 3.62. The van der Waals surface area contributed by atoms with Crippen molar-refractivity contribution in [2.45, 2.75) is 52.0 Å². The fourth-order valence-corrected chi connectivity index (χ4v) is 2.94. The fraction of sp³-hybridized carbons (Fsp3) is 0.533. The van der Waals surface area contributed by atoms with Gasteiger partial charge >= 0.3 is 0 Å². The maximum atomic E-state index is 12.2. The van der Waals surface area contributed by atoms with Crippen molar-refractivity contribution in [3.8, 4) is 0 Å². The van der Waals surface area contributed by atoms with Crippen LogP contribution >= 0.6 is 10.7 Å². The van der Waals surface area contributed by atoms with E-state index in [1.54, 1.807) is 12.1 Å². The maximum absolute atomic E-state index is 12.2. The van der Waals surface area contributed by atoms with Crippen molar-refractivity contribution in [2.24, 2.45) is 5.41 Å². The molecule has 1 N–H and O–H groups in total. The zero-order valence-electron chi connectivity index (χ0n) is 13.0. The van der Waals surface area contributed by atoms with Crippen LogP contribution in [-0.2, 0) is 15.5 Å². The van der Waals surface area contributed by atoms with Gasteiger partial charge in [-0.25, -0.2) is 8.42 Å². The number of hydrogen-bond acceptors (Lipinski definition) is 3. The molecule has 1 aromatic rings. The quantitative estimate of drug-likeness (QED) is 0.861. The van der Waals surface area contributed by atoms with Crippen molar-refractivity contribution >= 4 is 25.6 Å². The summed E-state index contributed by atoms with van der Waals surface area (Å²) >= 11 is 0. The van der Waals surface area contributed by atoms with Gasteiger partial charge in [-0.1, -0.05) is 33.8 Å². The van der Waals surface area contributed by atoms with E-state index in [0.29, 0.717) is 17.5 Å². The first-order chi connectivity index (χ1) is 9.46. The molecular formula is C15H22ClNO3S. The largest absolute Gasteiger partial charge is 0.349 e. The number of hydrogen-bond donors (Lipinski definition) is 1. The molecule has 0 fully saturated rings. The summed E-state index contributed by atoms with van der Waals surface area (Å²) in [4.78, 5) is 12.2. The van der Waals surface area contributed by atoms with Gasteiger partial charge in [0.2, 0.25) is 0 Å². The molecule has 0 bridgehead atoms. The predicted octanol–water partition coefficient (Wildman–Crippen LogP) is 3.34. The van der Waals surface area contributed by atoms with Crippen molar-refractivity contribution in [1.82, 2.24) is 5.32 Å². The van der Waals surface area contributed by atoms with Crippen LogP contribution in [0.5, 0.6) is 0 Å². The van der Waals surface area contributed by atoms with Gasteiger partial charge in [-0.05, 0) is 36.5 Å². The van der Waals surface area contributed by atoms with Gasteiger partial charge in [0.05, 0.1) is 4.90 Å². The highest BCUT2D eigenvalue weighted by Gasteiger charge is 2.23. The molecule has 1 aromatic carbocycles. The third-order valence-corrected chi connectivity index (χ3v) is 5.02. The van der Waals surface area contributed by atoms with E-state index in [1.165, 1.54) is 6.07 Å². The Morgan fingerprint density at radius 3 is 2.33 bits per heavy atom. The van der Waals surface area contributed by atoms with Crippen molar-refractivity contribution in [2.75, 3.05) is 0 Å². The van der Waals surface area contributed by atoms with Crippen LogP contribution in [0, 0.1) is 5.41 Å². The first kappa shape index (κ1) is 18.0. The minimum absolute atomic E-state index is 0.00253. The lowest BCUT2D eigenvalue weighted by molar-refractivity contribution is 0.0910. The van der Waals surface area contributed by atoms with Gasteiger partial charge in [0.1, 0.15) is 0 Å². The lowest BCUT2D eigenvalue weighted by atomic mass is 9.88. The Morgan fingerprint density at radius 2 is 1.90 bits per heavy atom.